The highest BCUT2D eigenvalue weighted by Gasteiger charge is 2.30. The lowest BCUT2D eigenvalue weighted by atomic mass is 9.85. The first-order chi connectivity index (χ1) is 8.18. The van der Waals surface area contributed by atoms with E-state index in [0.717, 1.165) is 23.8 Å². The number of nitrogens with one attached hydrogen (secondary N) is 1. The second-order valence-corrected chi connectivity index (χ2v) is 6.43. The van der Waals surface area contributed by atoms with E-state index in [1.54, 1.807) is 0 Å². The van der Waals surface area contributed by atoms with Gasteiger partial charge in [-0.3, -0.25) is 0 Å². The van der Waals surface area contributed by atoms with Crippen molar-refractivity contribution < 1.29 is 0 Å². The first-order valence-corrected chi connectivity index (χ1v) is 7.59. The quantitative estimate of drug-likeness (QED) is 0.765. The smallest absolute Gasteiger partial charge is 0.00921 e. The fraction of sp³-hybridized carbons (Fsp3) is 1.00. The number of hydrogen-bond donors (Lipinski definition) is 1. The first-order valence-electron chi connectivity index (χ1n) is 7.59. The van der Waals surface area contributed by atoms with Crippen LogP contribution in [0.3, 0.4) is 0 Å². The number of nitrogens with zero attached hydrogens (tertiary/aromatic N) is 1. The molecule has 1 heterocycles. The Morgan fingerprint density at radius 1 is 1.18 bits per heavy atom. The molecule has 17 heavy (non-hydrogen) atoms. The topological polar surface area (TPSA) is 15.3 Å². The molecule has 0 amide bonds. The van der Waals surface area contributed by atoms with Gasteiger partial charge in [-0.25, -0.2) is 0 Å². The predicted octanol–water partition coefficient (Wildman–Crippen LogP) is 2.74. The molecule has 0 spiro atoms. The van der Waals surface area contributed by atoms with Gasteiger partial charge in [0.25, 0.3) is 0 Å². The summed E-state index contributed by atoms with van der Waals surface area (Å²) in [4.78, 5) is 2.59. The Hall–Kier alpha value is -0.0800. The molecule has 3 unspecified atom stereocenters. The van der Waals surface area contributed by atoms with Gasteiger partial charge in [-0.1, -0.05) is 6.92 Å². The Labute approximate surface area is 107 Å². The van der Waals surface area contributed by atoms with Crippen LogP contribution >= 0.6 is 0 Å². The molecule has 0 aromatic carbocycles. The highest BCUT2D eigenvalue weighted by atomic mass is 15.1. The summed E-state index contributed by atoms with van der Waals surface area (Å²) < 4.78 is 0. The minimum Gasteiger partial charge on any atom is -0.316 e. The highest BCUT2D eigenvalue weighted by Crippen LogP contribution is 2.35. The standard InChI is InChI=1S/C15H30N2/c1-12(15-5-4-9-16-11-15)8-10-17(3)13(2)14-6-7-14/h12-16H,4-11H2,1-3H3. The molecule has 0 radical (unpaired) electrons. The Balaban J connectivity index is 1.65. The fourth-order valence-corrected chi connectivity index (χ4v) is 3.15. The second kappa shape index (κ2) is 6.19. The van der Waals surface area contributed by atoms with Crippen molar-refractivity contribution in [3.8, 4) is 0 Å². The fourth-order valence-electron chi connectivity index (χ4n) is 3.15. The maximum absolute atomic E-state index is 3.54. The third kappa shape index (κ3) is 3.96. The molecule has 2 nitrogen and oxygen atoms in total. The molecule has 0 aromatic heterocycles. The van der Waals surface area contributed by atoms with Crippen LogP contribution in [0.4, 0.5) is 0 Å². The SMILES string of the molecule is CC(CCN(C)C(C)C1CC1)C1CCCNC1. The van der Waals surface area contributed by atoms with Crippen molar-refractivity contribution in [2.24, 2.45) is 17.8 Å². The molecule has 2 fully saturated rings. The molecular weight excluding hydrogens is 208 g/mol. The molecule has 1 saturated carbocycles. The summed E-state index contributed by atoms with van der Waals surface area (Å²) in [5, 5.41) is 3.54. The third-order valence-electron chi connectivity index (χ3n) is 5.08. The average Bonchev–Trinajstić information content (AvgIpc) is 3.20. The highest BCUT2D eigenvalue weighted by molar-refractivity contribution is 4.84. The van der Waals surface area contributed by atoms with Crippen molar-refractivity contribution in [3.63, 3.8) is 0 Å². The van der Waals surface area contributed by atoms with Gasteiger partial charge in [0.1, 0.15) is 0 Å². The van der Waals surface area contributed by atoms with Gasteiger partial charge >= 0.3 is 0 Å². The van der Waals surface area contributed by atoms with Crippen LogP contribution in [0.2, 0.25) is 0 Å². The largest absolute Gasteiger partial charge is 0.316 e. The summed E-state index contributed by atoms with van der Waals surface area (Å²) in [5.41, 5.74) is 0. The van der Waals surface area contributed by atoms with Gasteiger partial charge in [0.2, 0.25) is 0 Å². The van der Waals surface area contributed by atoms with Crippen LogP contribution in [-0.2, 0) is 0 Å². The van der Waals surface area contributed by atoms with Crippen LogP contribution in [0.5, 0.6) is 0 Å². The van der Waals surface area contributed by atoms with E-state index < -0.39 is 0 Å². The summed E-state index contributed by atoms with van der Waals surface area (Å²) in [6.45, 7) is 8.64. The Bertz CT molecular complexity index is 219. The second-order valence-electron chi connectivity index (χ2n) is 6.43. The summed E-state index contributed by atoms with van der Waals surface area (Å²) in [6.07, 6.45) is 7.13. The van der Waals surface area contributed by atoms with E-state index in [9.17, 15) is 0 Å². The van der Waals surface area contributed by atoms with Gasteiger partial charge < -0.3 is 10.2 Å². The predicted molar refractivity (Wildman–Crippen MR) is 74.2 cm³/mol. The monoisotopic (exact) mass is 238 g/mol. The zero-order chi connectivity index (χ0) is 12.3. The van der Waals surface area contributed by atoms with Crippen LogP contribution in [-0.4, -0.2) is 37.6 Å². The van der Waals surface area contributed by atoms with Gasteiger partial charge in [0.05, 0.1) is 0 Å². The zero-order valence-electron chi connectivity index (χ0n) is 11.9. The van der Waals surface area contributed by atoms with Gasteiger partial charge in [-0.2, -0.15) is 0 Å². The number of rotatable bonds is 6. The molecule has 1 N–H and O–H groups in total. The van der Waals surface area contributed by atoms with Crippen LogP contribution in [0.15, 0.2) is 0 Å². The molecule has 2 heteroatoms. The van der Waals surface area contributed by atoms with Gasteiger partial charge in [0.15, 0.2) is 0 Å². The lowest BCUT2D eigenvalue weighted by Crippen LogP contribution is -2.36. The van der Waals surface area contributed by atoms with E-state index >= 15 is 0 Å². The summed E-state index contributed by atoms with van der Waals surface area (Å²) >= 11 is 0. The van der Waals surface area contributed by atoms with E-state index in [-0.39, 0.29) is 0 Å². The molecule has 100 valence electrons. The molecule has 1 aliphatic carbocycles. The van der Waals surface area contributed by atoms with E-state index in [4.69, 9.17) is 0 Å². The van der Waals surface area contributed by atoms with Crippen molar-refractivity contribution in [2.75, 3.05) is 26.7 Å². The van der Waals surface area contributed by atoms with Crippen molar-refractivity contribution in [2.45, 2.75) is 52.0 Å². The maximum atomic E-state index is 3.54. The lowest BCUT2D eigenvalue weighted by molar-refractivity contribution is 0.193. The average molecular weight is 238 g/mol. The molecular formula is C15H30N2. The Morgan fingerprint density at radius 2 is 1.94 bits per heavy atom. The minimum atomic E-state index is 0.812. The van der Waals surface area contributed by atoms with Gasteiger partial charge in [0, 0.05) is 6.04 Å². The third-order valence-corrected chi connectivity index (χ3v) is 5.08. The van der Waals surface area contributed by atoms with E-state index in [2.05, 4.69) is 31.1 Å². The lowest BCUT2D eigenvalue weighted by Gasteiger charge is -2.31. The van der Waals surface area contributed by atoms with Crippen LogP contribution < -0.4 is 5.32 Å². The van der Waals surface area contributed by atoms with Crippen LogP contribution in [0, 0.1) is 17.8 Å². The van der Waals surface area contributed by atoms with Crippen LogP contribution in [0.1, 0.15) is 46.0 Å². The molecule has 1 aliphatic heterocycles. The summed E-state index contributed by atoms with van der Waals surface area (Å²) in [6, 6.07) is 0.812. The Kier molecular flexibility index (Phi) is 4.87. The number of piperidine rings is 1. The molecule has 3 atom stereocenters. The summed E-state index contributed by atoms with van der Waals surface area (Å²) in [5.74, 6) is 2.82. The van der Waals surface area contributed by atoms with Crippen molar-refractivity contribution in [1.82, 2.24) is 10.2 Å². The minimum absolute atomic E-state index is 0.812. The molecule has 2 rings (SSSR count). The van der Waals surface area contributed by atoms with Gasteiger partial charge in [-0.15, -0.1) is 0 Å². The van der Waals surface area contributed by atoms with E-state index in [1.165, 1.54) is 51.7 Å². The summed E-state index contributed by atoms with van der Waals surface area (Å²) in [7, 11) is 2.31. The van der Waals surface area contributed by atoms with E-state index in [0.29, 0.717) is 0 Å². The van der Waals surface area contributed by atoms with Crippen molar-refractivity contribution in [3.05, 3.63) is 0 Å². The van der Waals surface area contributed by atoms with Crippen molar-refractivity contribution in [1.29, 1.82) is 0 Å². The molecule has 1 saturated heterocycles. The maximum Gasteiger partial charge on any atom is 0.00921 e. The van der Waals surface area contributed by atoms with Crippen molar-refractivity contribution >= 4 is 0 Å². The van der Waals surface area contributed by atoms with Crippen LogP contribution in [0.25, 0.3) is 0 Å². The van der Waals surface area contributed by atoms with E-state index in [1.807, 2.05) is 0 Å². The first kappa shape index (κ1) is 13.4. The zero-order valence-corrected chi connectivity index (χ0v) is 11.9. The normalized spacial score (nSPS) is 29.3. The Morgan fingerprint density at radius 3 is 2.53 bits per heavy atom. The van der Waals surface area contributed by atoms with Gasteiger partial charge in [-0.05, 0) is 83.5 Å². The molecule has 2 aliphatic rings. The molecule has 0 aromatic rings. The molecule has 0 bridgehead atoms. The number of hydrogen-bond acceptors (Lipinski definition) is 2.